The Morgan fingerprint density at radius 1 is 1.39 bits per heavy atom. The van der Waals surface area contributed by atoms with E-state index < -0.39 is 0 Å². The van der Waals surface area contributed by atoms with Gasteiger partial charge in [0.2, 0.25) is 0 Å². The van der Waals surface area contributed by atoms with Crippen LogP contribution >= 0.6 is 11.3 Å². The quantitative estimate of drug-likeness (QED) is 0.896. The van der Waals surface area contributed by atoms with E-state index >= 15 is 0 Å². The van der Waals surface area contributed by atoms with Crippen LogP contribution in [-0.4, -0.2) is 60.1 Å². The second-order valence-corrected chi connectivity index (χ2v) is 5.56. The Bertz CT molecular complexity index is 405. The van der Waals surface area contributed by atoms with Crippen LogP contribution < -0.4 is 0 Å². The van der Waals surface area contributed by atoms with Crippen LogP contribution in [0.4, 0.5) is 0 Å². The van der Waals surface area contributed by atoms with Crippen molar-refractivity contribution in [3.63, 3.8) is 0 Å². The van der Waals surface area contributed by atoms with Gasteiger partial charge in [-0.05, 0) is 36.9 Å². The molecule has 1 amide bonds. The lowest BCUT2D eigenvalue weighted by molar-refractivity contribution is 0.0764. The van der Waals surface area contributed by atoms with Crippen LogP contribution in [-0.2, 0) is 0 Å². The Morgan fingerprint density at radius 2 is 2.22 bits per heavy atom. The lowest BCUT2D eigenvalue weighted by atomic mass is 10.2. The highest BCUT2D eigenvalue weighted by atomic mass is 32.1. The number of β-amino-alcohol motifs (C(OH)–C–C–N with tert-alkyl or cyclic N) is 1. The maximum absolute atomic E-state index is 12.4. The first kappa shape index (κ1) is 13.5. The number of carbonyl (C=O) groups excluding carboxylic acids is 1. The van der Waals surface area contributed by atoms with Gasteiger partial charge < -0.3 is 10.0 Å². The Hall–Kier alpha value is -0.910. The predicted molar refractivity (Wildman–Crippen MR) is 73.1 cm³/mol. The molecule has 1 aliphatic rings. The summed E-state index contributed by atoms with van der Waals surface area (Å²) in [7, 11) is 0. The third-order valence-electron chi connectivity index (χ3n) is 3.35. The third kappa shape index (κ3) is 3.10. The summed E-state index contributed by atoms with van der Waals surface area (Å²) in [5.74, 6) is 0.161. The fourth-order valence-corrected chi connectivity index (χ4v) is 3.17. The van der Waals surface area contributed by atoms with E-state index in [1.165, 1.54) is 11.3 Å². The Balaban J connectivity index is 1.98. The van der Waals surface area contributed by atoms with Crippen LogP contribution in [0.5, 0.6) is 0 Å². The van der Waals surface area contributed by atoms with Gasteiger partial charge in [0.25, 0.3) is 5.91 Å². The number of aliphatic hydroxyl groups is 1. The predicted octanol–water partition coefficient (Wildman–Crippen LogP) is 1.20. The van der Waals surface area contributed by atoms with Crippen LogP contribution in [0.15, 0.2) is 11.4 Å². The van der Waals surface area contributed by atoms with E-state index in [0.29, 0.717) is 6.54 Å². The van der Waals surface area contributed by atoms with Gasteiger partial charge in [0.1, 0.15) is 0 Å². The fraction of sp³-hybridized carbons (Fsp3) is 0.615. The smallest absolute Gasteiger partial charge is 0.264 e. The normalized spacial score (nSPS) is 17.8. The average molecular weight is 268 g/mol. The first-order chi connectivity index (χ1) is 8.72. The number of hydrogen-bond acceptors (Lipinski definition) is 4. The van der Waals surface area contributed by atoms with Crippen molar-refractivity contribution in [1.29, 1.82) is 0 Å². The number of thiophene rings is 1. The standard InChI is InChI=1S/C13H20N2O2S/c1-11-3-10-18-12(11)13(17)15-5-2-4-14(6-7-15)8-9-16/h3,10,16H,2,4-9H2,1H3. The van der Waals surface area contributed by atoms with E-state index in [-0.39, 0.29) is 12.5 Å². The van der Waals surface area contributed by atoms with Gasteiger partial charge in [-0.2, -0.15) is 0 Å². The van der Waals surface area contributed by atoms with Crippen LogP contribution in [0.2, 0.25) is 0 Å². The summed E-state index contributed by atoms with van der Waals surface area (Å²) in [5, 5.41) is 10.9. The van der Waals surface area contributed by atoms with E-state index in [1.807, 2.05) is 23.3 Å². The number of hydrogen-bond donors (Lipinski definition) is 1. The van der Waals surface area contributed by atoms with E-state index in [4.69, 9.17) is 5.11 Å². The highest BCUT2D eigenvalue weighted by molar-refractivity contribution is 7.12. The molecule has 5 heteroatoms. The molecule has 0 unspecified atom stereocenters. The molecule has 1 saturated heterocycles. The molecule has 0 atom stereocenters. The molecule has 0 saturated carbocycles. The topological polar surface area (TPSA) is 43.8 Å². The average Bonchev–Trinajstić information content (AvgIpc) is 2.64. The maximum Gasteiger partial charge on any atom is 0.264 e. The lowest BCUT2D eigenvalue weighted by Gasteiger charge is -2.21. The first-order valence-electron chi connectivity index (χ1n) is 6.39. The number of amides is 1. The summed E-state index contributed by atoms with van der Waals surface area (Å²) in [4.78, 5) is 17.4. The number of rotatable bonds is 3. The van der Waals surface area contributed by atoms with E-state index in [1.54, 1.807) is 0 Å². The van der Waals surface area contributed by atoms with Crippen molar-refractivity contribution in [3.05, 3.63) is 21.9 Å². The molecule has 1 aliphatic heterocycles. The Kier molecular flexibility index (Phi) is 4.74. The van der Waals surface area contributed by atoms with Gasteiger partial charge in [0, 0.05) is 26.2 Å². The summed E-state index contributed by atoms with van der Waals surface area (Å²) in [5.41, 5.74) is 1.07. The van der Waals surface area contributed by atoms with Crippen LogP contribution in [0.1, 0.15) is 21.7 Å². The van der Waals surface area contributed by atoms with Crippen molar-refractivity contribution in [1.82, 2.24) is 9.80 Å². The summed E-state index contributed by atoms with van der Waals surface area (Å²) in [6.07, 6.45) is 0.982. The molecule has 2 rings (SSSR count). The molecule has 0 radical (unpaired) electrons. The molecule has 1 aromatic rings. The highest BCUT2D eigenvalue weighted by Crippen LogP contribution is 2.18. The Morgan fingerprint density at radius 3 is 2.89 bits per heavy atom. The second kappa shape index (κ2) is 6.31. The van der Waals surface area contributed by atoms with Gasteiger partial charge in [-0.1, -0.05) is 0 Å². The van der Waals surface area contributed by atoms with Gasteiger partial charge >= 0.3 is 0 Å². The summed E-state index contributed by atoms with van der Waals surface area (Å²) < 4.78 is 0. The van der Waals surface area contributed by atoms with Gasteiger partial charge in [0.05, 0.1) is 11.5 Å². The second-order valence-electron chi connectivity index (χ2n) is 4.64. The largest absolute Gasteiger partial charge is 0.395 e. The molecule has 0 spiro atoms. The van der Waals surface area contributed by atoms with Gasteiger partial charge in [0.15, 0.2) is 0 Å². The minimum Gasteiger partial charge on any atom is -0.395 e. The van der Waals surface area contributed by atoms with Gasteiger partial charge in [-0.25, -0.2) is 0 Å². The molecule has 0 aromatic carbocycles. The molecule has 1 fully saturated rings. The highest BCUT2D eigenvalue weighted by Gasteiger charge is 2.21. The molecule has 1 aromatic heterocycles. The van der Waals surface area contributed by atoms with Gasteiger partial charge in [-0.15, -0.1) is 11.3 Å². The zero-order valence-electron chi connectivity index (χ0n) is 10.8. The molecule has 18 heavy (non-hydrogen) atoms. The third-order valence-corrected chi connectivity index (χ3v) is 4.35. The lowest BCUT2D eigenvalue weighted by Crippen LogP contribution is -2.35. The monoisotopic (exact) mass is 268 g/mol. The fourth-order valence-electron chi connectivity index (χ4n) is 2.27. The van der Waals surface area contributed by atoms with E-state index in [0.717, 1.165) is 43.0 Å². The van der Waals surface area contributed by atoms with Crippen molar-refractivity contribution in [2.45, 2.75) is 13.3 Å². The van der Waals surface area contributed by atoms with E-state index in [2.05, 4.69) is 4.90 Å². The number of aryl methyl sites for hydroxylation is 1. The van der Waals surface area contributed by atoms with Crippen molar-refractivity contribution in [2.24, 2.45) is 0 Å². The molecule has 100 valence electrons. The number of aliphatic hydroxyl groups excluding tert-OH is 1. The zero-order valence-corrected chi connectivity index (χ0v) is 11.6. The molecule has 0 bridgehead atoms. The number of nitrogens with zero attached hydrogens (tertiary/aromatic N) is 2. The number of carbonyl (C=O) groups is 1. The SMILES string of the molecule is Cc1ccsc1C(=O)N1CCCN(CCO)CC1. The summed E-state index contributed by atoms with van der Waals surface area (Å²) in [6.45, 7) is 6.29. The van der Waals surface area contributed by atoms with Crippen molar-refractivity contribution in [2.75, 3.05) is 39.3 Å². The minimum atomic E-state index is 0.161. The molecular formula is C13H20N2O2S. The van der Waals surface area contributed by atoms with Crippen LogP contribution in [0, 0.1) is 6.92 Å². The summed E-state index contributed by atoms with van der Waals surface area (Å²) >= 11 is 1.52. The molecule has 0 aliphatic carbocycles. The van der Waals surface area contributed by atoms with E-state index in [9.17, 15) is 4.79 Å². The maximum atomic E-state index is 12.4. The minimum absolute atomic E-state index is 0.161. The first-order valence-corrected chi connectivity index (χ1v) is 7.27. The zero-order chi connectivity index (χ0) is 13.0. The molecule has 1 N–H and O–H groups in total. The summed E-state index contributed by atoms with van der Waals surface area (Å²) in [6, 6.07) is 1.99. The van der Waals surface area contributed by atoms with Crippen molar-refractivity contribution in [3.8, 4) is 0 Å². The Labute approximate surface area is 112 Å². The van der Waals surface area contributed by atoms with Crippen molar-refractivity contribution < 1.29 is 9.90 Å². The molecule has 2 heterocycles. The molecular weight excluding hydrogens is 248 g/mol. The van der Waals surface area contributed by atoms with Crippen molar-refractivity contribution >= 4 is 17.2 Å². The van der Waals surface area contributed by atoms with Crippen LogP contribution in [0.3, 0.4) is 0 Å². The molecule has 4 nitrogen and oxygen atoms in total. The van der Waals surface area contributed by atoms with Gasteiger partial charge in [-0.3, -0.25) is 9.69 Å². The van der Waals surface area contributed by atoms with Crippen LogP contribution in [0.25, 0.3) is 0 Å².